The monoisotopic (exact) mass is 606 g/mol. The average molecular weight is 607 g/mol. The molecule has 1 heterocycles. The van der Waals surface area contributed by atoms with Gasteiger partial charge in [0.1, 0.15) is 18.2 Å². The summed E-state index contributed by atoms with van der Waals surface area (Å²) in [4.78, 5) is 45.4. The number of hydrogen-bond donors (Lipinski definition) is 1. The van der Waals surface area contributed by atoms with Gasteiger partial charge in [-0.05, 0) is 63.5 Å². The molecule has 1 aliphatic carbocycles. The maximum atomic E-state index is 13.8. The van der Waals surface area contributed by atoms with Crippen LogP contribution in [0, 0.1) is 5.92 Å². The molecule has 2 aliphatic rings. The number of nitrogens with one attached hydrogen (secondary N) is 1. The SMILES string of the molecule is CSCN(CC(=O)NC(CSCC1CCCCC1)C(=O)N(C)C1CCN(Cc2ccccc2)C1)C(=O)OC(C)(C)C. The molecule has 1 saturated heterocycles. The van der Waals surface area contributed by atoms with Gasteiger partial charge in [0, 0.05) is 38.5 Å². The van der Waals surface area contributed by atoms with Gasteiger partial charge < -0.3 is 15.0 Å². The van der Waals surface area contributed by atoms with Crippen molar-refractivity contribution in [1.29, 1.82) is 0 Å². The molecule has 8 nitrogen and oxygen atoms in total. The maximum Gasteiger partial charge on any atom is 0.411 e. The second kappa shape index (κ2) is 16.7. The predicted octanol–water partition coefficient (Wildman–Crippen LogP) is 5.08. The summed E-state index contributed by atoms with van der Waals surface area (Å²) in [5.74, 6) is 2.15. The minimum absolute atomic E-state index is 0.0604. The van der Waals surface area contributed by atoms with Gasteiger partial charge in [0.2, 0.25) is 11.8 Å². The van der Waals surface area contributed by atoms with Gasteiger partial charge in [0.05, 0.1) is 5.88 Å². The van der Waals surface area contributed by atoms with Crippen LogP contribution in [0.4, 0.5) is 4.79 Å². The van der Waals surface area contributed by atoms with Crippen molar-refractivity contribution in [3.05, 3.63) is 35.9 Å². The zero-order chi connectivity index (χ0) is 29.8. The lowest BCUT2D eigenvalue weighted by atomic mass is 9.91. The van der Waals surface area contributed by atoms with Gasteiger partial charge >= 0.3 is 6.09 Å². The lowest BCUT2D eigenvalue weighted by Crippen LogP contribution is -2.54. The molecule has 41 heavy (non-hydrogen) atoms. The van der Waals surface area contributed by atoms with Crippen LogP contribution in [0.2, 0.25) is 0 Å². The molecule has 3 rings (SSSR count). The van der Waals surface area contributed by atoms with Gasteiger partial charge in [-0.1, -0.05) is 49.6 Å². The van der Waals surface area contributed by atoms with Crippen LogP contribution in [0.1, 0.15) is 64.9 Å². The van der Waals surface area contributed by atoms with Crippen LogP contribution in [-0.4, -0.2) is 101 Å². The van der Waals surface area contributed by atoms with E-state index < -0.39 is 17.7 Å². The Morgan fingerprint density at radius 3 is 2.46 bits per heavy atom. The summed E-state index contributed by atoms with van der Waals surface area (Å²) < 4.78 is 5.51. The average Bonchev–Trinajstić information content (AvgIpc) is 3.40. The van der Waals surface area contributed by atoms with Gasteiger partial charge in [-0.25, -0.2) is 4.79 Å². The number of likely N-dealkylation sites (tertiary alicyclic amines) is 1. The van der Waals surface area contributed by atoms with Crippen molar-refractivity contribution in [2.45, 2.75) is 83.5 Å². The molecule has 1 aliphatic heterocycles. The summed E-state index contributed by atoms with van der Waals surface area (Å²) >= 11 is 3.21. The van der Waals surface area contributed by atoms with Gasteiger partial charge in [0.25, 0.3) is 0 Å². The molecule has 0 radical (unpaired) electrons. The number of hydrogen-bond acceptors (Lipinski definition) is 7. The van der Waals surface area contributed by atoms with Gasteiger partial charge in [-0.2, -0.15) is 11.8 Å². The fraction of sp³-hybridized carbons (Fsp3) is 0.710. The Hall–Kier alpha value is -1.91. The molecule has 2 unspecified atom stereocenters. The van der Waals surface area contributed by atoms with Crippen LogP contribution in [0.3, 0.4) is 0 Å². The van der Waals surface area contributed by atoms with Gasteiger partial charge in [-0.15, -0.1) is 11.8 Å². The number of benzene rings is 1. The highest BCUT2D eigenvalue weighted by Crippen LogP contribution is 2.27. The molecule has 0 aromatic heterocycles. The van der Waals surface area contributed by atoms with E-state index in [1.165, 1.54) is 54.3 Å². The van der Waals surface area contributed by atoms with E-state index in [-0.39, 0.29) is 24.4 Å². The number of carbonyl (C=O) groups excluding carboxylic acids is 3. The fourth-order valence-electron chi connectivity index (χ4n) is 5.48. The van der Waals surface area contributed by atoms with Crippen LogP contribution in [0.25, 0.3) is 0 Å². The van der Waals surface area contributed by atoms with Crippen LogP contribution < -0.4 is 5.32 Å². The highest BCUT2D eigenvalue weighted by molar-refractivity contribution is 7.99. The second-order valence-electron chi connectivity index (χ2n) is 12.4. The molecule has 0 bridgehead atoms. The molecule has 2 fully saturated rings. The molecule has 1 aromatic carbocycles. The number of nitrogens with zero attached hydrogens (tertiary/aromatic N) is 3. The minimum atomic E-state index is -0.656. The highest BCUT2D eigenvalue weighted by Gasteiger charge is 2.33. The lowest BCUT2D eigenvalue weighted by molar-refractivity contribution is -0.136. The number of thioether (sulfide) groups is 2. The first kappa shape index (κ1) is 33.6. The quantitative estimate of drug-likeness (QED) is 0.314. The van der Waals surface area contributed by atoms with Crippen molar-refractivity contribution in [3.8, 4) is 0 Å². The fourth-order valence-corrected chi connectivity index (χ4v) is 7.25. The third-order valence-corrected chi connectivity index (χ3v) is 9.51. The summed E-state index contributed by atoms with van der Waals surface area (Å²) in [5.41, 5.74) is 0.614. The van der Waals surface area contributed by atoms with E-state index in [1.807, 2.05) is 24.3 Å². The smallest absolute Gasteiger partial charge is 0.411 e. The van der Waals surface area contributed by atoms with Gasteiger partial charge in [0.15, 0.2) is 0 Å². The van der Waals surface area contributed by atoms with Crippen molar-refractivity contribution in [1.82, 2.24) is 20.0 Å². The molecule has 1 N–H and O–H groups in total. The van der Waals surface area contributed by atoms with E-state index in [0.29, 0.717) is 17.5 Å². The number of carbonyl (C=O) groups is 3. The van der Waals surface area contributed by atoms with Gasteiger partial charge in [-0.3, -0.25) is 19.4 Å². The van der Waals surface area contributed by atoms with E-state index in [0.717, 1.165) is 31.8 Å². The minimum Gasteiger partial charge on any atom is -0.444 e. The molecular weight excluding hydrogens is 556 g/mol. The molecule has 1 saturated carbocycles. The van der Waals surface area contributed by atoms with Crippen molar-refractivity contribution in [3.63, 3.8) is 0 Å². The first-order valence-corrected chi connectivity index (χ1v) is 17.5. The van der Waals surface area contributed by atoms with Crippen molar-refractivity contribution < 1.29 is 19.1 Å². The molecular formula is C31H50N4O4S2. The van der Waals surface area contributed by atoms with Crippen LogP contribution in [0.5, 0.6) is 0 Å². The van der Waals surface area contributed by atoms with E-state index >= 15 is 0 Å². The van der Waals surface area contributed by atoms with E-state index in [1.54, 1.807) is 32.5 Å². The molecule has 0 spiro atoms. The lowest BCUT2D eigenvalue weighted by Gasteiger charge is -2.31. The molecule has 10 heteroatoms. The molecule has 230 valence electrons. The Kier molecular flexibility index (Phi) is 13.6. The third kappa shape index (κ3) is 11.7. The summed E-state index contributed by atoms with van der Waals surface area (Å²) in [6.07, 6.45) is 8.63. The molecule has 1 aromatic rings. The zero-order valence-electron chi connectivity index (χ0n) is 25.6. The summed E-state index contributed by atoms with van der Waals surface area (Å²) in [6, 6.07) is 9.86. The van der Waals surface area contributed by atoms with Crippen molar-refractivity contribution in [2.24, 2.45) is 5.92 Å². The number of ether oxygens (including phenoxy) is 1. The third-order valence-electron chi connectivity index (χ3n) is 7.66. The normalized spacial score (nSPS) is 19.0. The van der Waals surface area contributed by atoms with Crippen LogP contribution in [-0.2, 0) is 20.9 Å². The van der Waals surface area contributed by atoms with Crippen molar-refractivity contribution >= 4 is 41.4 Å². The zero-order valence-corrected chi connectivity index (χ0v) is 27.2. The second-order valence-corrected chi connectivity index (χ2v) is 14.3. The first-order chi connectivity index (χ1) is 19.6. The van der Waals surface area contributed by atoms with Crippen molar-refractivity contribution in [2.75, 3.05) is 50.3 Å². The Morgan fingerprint density at radius 1 is 1.10 bits per heavy atom. The number of likely N-dealkylation sites (N-methyl/N-ethyl adjacent to an activating group) is 1. The van der Waals surface area contributed by atoms with E-state index in [2.05, 4.69) is 34.5 Å². The predicted molar refractivity (Wildman–Crippen MR) is 170 cm³/mol. The van der Waals surface area contributed by atoms with Crippen LogP contribution >= 0.6 is 23.5 Å². The standard InChI is InChI=1S/C31H50N4O4S2/c1-31(2,3)39-30(38)35(23-40-5)20-28(36)32-27(22-41-21-25-14-10-7-11-15-25)29(37)33(4)26-16-17-34(19-26)18-24-12-8-6-9-13-24/h6,8-9,12-13,25-27H,7,10-11,14-23H2,1-5H3,(H,32,36). The molecule has 2 atom stereocenters. The number of amides is 3. The highest BCUT2D eigenvalue weighted by atomic mass is 32.2. The Labute approximate surface area is 255 Å². The summed E-state index contributed by atoms with van der Waals surface area (Å²) in [5, 5.41) is 2.99. The Bertz CT molecular complexity index is 969. The topological polar surface area (TPSA) is 82.2 Å². The summed E-state index contributed by atoms with van der Waals surface area (Å²) in [6.45, 7) is 7.88. The maximum absolute atomic E-state index is 13.8. The van der Waals surface area contributed by atoms with E-state index in [4.69, 9.17) is 4.74 Å². The number of rotatable bonds is 13. The van der Waals surface area contributed by atoms with Crippen LogP contribution in [0.15, 0.2) is 30.3 Å². The first-order valence-electron chi connectivity index (χ1n) is 14.9. The summed E-state index contributed by atoms with van der Waals surface area (Å²) in [7, 11) is 1.87. The largest absolute Gasteiger partial charge is 0.444 e. The Morgan fingerprint density at radius 2 is 1.80 bits per heavy atom. The Balaban J connectivity index is 1.62. The van der Waals surface area contributed by atoms with E-state index in [9.17, 15) is 14.4 Å². The molecule has 3 amide bonds.